The number of hydrogen-bond acceptors (Lipinski definition) is 1. The summed E-state index contributed by atoms with van der Waals surface area (Å²) in [4.78, 5) is 12.3. The minimum Gasteiger partial charge on any atom is -0.294 e. The predicted octanol–water partition coefficient (Wildman–Crippen LogP) is 3.99. The third kappa shape index (κ3) is 2.60. The molecule has 19 heavy (non-hydrogen) atoms. The van der Waals surface area contributed by atoms with Crippen LogP contribution < -0.4 is 0 Å². The van der Waals surface area contributed by atoms with Crippen LogP contribution in [0.2, 0.25) is 0 Å². The lowest BCUT2D eigenvalue weighted by atomic mass is 9.90. The quantitative estimate of drug-likeness (QED) is 0.691. The van der Waals surface area contributed by atoms with Gasteiger partial charge in [0.15, 0.2) is 5.78 Å². The molecule has 2 aromatic rings. The van der Waals surface area contributed by atoms with Gasteiger partial charge in [-0.1, -0.05) is 48.5 Å². The molecule has 0 spiro atoms. The van der Waals surface area contributed by atoms with Gasteiger partial charge in [0.25, 0.3) is 0 Å². The highest BCUT2D eigenvalue weighted by Gasteiger charge is 2.14. The van der Waals surface area contributed by atoms with Crippen LogP contribution in [0.3, 0.4) is 0 Å². The minimum absolute atomic E-state index is 0.285. The lowest BCUT2D eigenvalue weighted by Crippen LogP contribution is -2.08. The van der Waals surface area contributed by atoms with Crippen molar-refractivity contribution in [3.8, 4) is 0 Å². The molecular weight excluding hydrogens is 232 g/mol. The summed E-state index contributed by atoms with van der Waals surface area (Å²) < 4.78 is 0. The second-order valence-corrected chi connectivity index (χ2v) is 5.20. The van der Waals surface area contributed by atoms with Gasteiger partial charge in [-0.05, 0) is 42.4 Å². The fourth-order valence-corrected chi connectivity index (χ4v) is 2.91. The van der Waals surface area contributed by atoms with E-state index >= 15 is 0 Å². The van der Waals surface area contributed by atoms with Crippen molar-refractivity contribution >= 4 is 5.78 Å². The molecule has 0 atom stereocenters. The Morgan fingerprint density at radius 2 is 1.21 bits per heavy atom. The maximum atomic E-state index is 12.3. The summed E-state index contributed by atoms with van der Waals surface area (Å²) >= 11 is 0. The van der Waals surface area contributed by atoms with E-state index in [0.29, 0.717) is 6.42 Å². The monoisotopic (exact) mass is 250 g/mol. The van der Waals surface area contributed by atoms with E-state index in [1.807, 2.05) is 18.2 Å². The SMILES string of the molecule is O=C1CCc2ccccc2CCCc2ccccc21. The molecule has 3 rings (SSSR count). The molecule has 1 aliphatic rings. The smallest absolute Gasteiger partial charge is 0.163 e. The van der Waals surface area contributed by atoms with E-state index in [0.717, 1.165) is 31.2 Å². The van der Waals surface area contributed by atoms with E-state index < -0.39 is 0 Å². The van der Waals surface area contributed by atoms with Gasteiger partial charge in [-0.25, -0.2) is 0 Å². The Morgan fingerprint density at radius 3 is 2.00 bits per heavy atom. The van der Waals surface area contributed by atoms with Gasteiger partial charge in [0, 0.05) is 12.0 Å². The van der Waals surface area contributed by atoms with Crippen molar-refractivity contribution in [2.24, 2.45) is 0 Å². The van der Waals surface area contributed by atoms with Crippen LogP contribution in [0.5, 0.6) is 0 Å². The molecule has 1 nitrogen and oxygen atoms in total. The third-order valence-corrected chi connectivity index (χ3v) is 3.95. The van der Waals surface area contributed by atoms with Gasteiger partial charge in [-0.3, -0.25) is 4.79 Å². The van der Waals surface area contributed by atoms with E-state index in [2.05, 4.69) is 30.3 Å². The van der Waals surface area contributed by atoms with Crippen LogP contribution in [0.15, 0.2) is 48.5 Å². The van der Waals surface area contributed by atoms with Crippen LogP contribution in [0.4, 0.5) is 0 Å². The van der Waals surface area contributed by atoms with Crippen molar-refractivity contribution < 1.29 is 4.79 Å². The van der Waals surface area contributed by atoms with Crippen molar-refractivity contribution in [1.82, 2.24) is 0 Å². The van der Waals surface area contributed by atoms with E-state index in [-0.39, 0.29) is 5.78 Å². The highest BCUT2D eigenvalue weighted by molar-refractivity contribution is 5.97. The topological polar surface area (TPSA) is 17.1 Å². The number of carbonyl (C=O) groups is 1. The largest absolute Gasteiger partial charge is 0.294 e. The summed E-state index contributed by atoms with van der Waals surface area (Å²) in [6.45, 7) is 0. The average molecular weight is 250 g/mol. The summed E-state index contributed by atoms with van der Waals surface area (Å²) in [6.07, 6.45) is 4.70. The van der Waals surface area contributed by atoms with Gasteiger partial charge in [0.1, 0.15) is 0 Å². The number of fused-ring (bicyclic) bond motifs is 2. The predicted molar refractivity (Wildman–Crippen MR) is 77.6 cm³/mol. The van der Waals surface area contributed by atoms with Crippen LogP contribution in [-0.4, -0.2) is 5.78 Å². The lowest BCUT2D eigenvalue weighted by Gasteiger charge is -2.14. The highest BCUT2D eigenvalue weighted by Crippen LogP contribution is 2.21. The van der Waals surface area contributed by atoms with Gasteiger partial charge in [0.05, 0.1) is 0 Å². The molecule has 0 bridgehead atoms. The van der Waals surface area contributed by atoms with Gasteiger partial charge < -0.3 is 0 Å². The van der Waals surface area contributed by atoms with Crippen LogP contribution in [0.25, 0.3) is 0 Å². The average Bonchev–Trinajstić information content (AvgIpc) is 2.46. The molecule has 0 N–H and O–H groups in total. The Hall–Kier alpha value is -1.89. The zero-order valence-electron chi connectivity index (χ0n) is 11.1. The molecule has 96 valence electrons. The summed E-state index contributed by atoms with van der Waals surface area (Å²) in [5, 5.41) is 0. The first-order valence-electron chi connectivity index (χ1n) is 7.02. The molecule has 1 heteroatoms. The van der Waals surface area contributed by atoms with Crippen molar-refractivity contribution in [2.75, 3.05) is 0 Å². The standard InChI is InChI=1S/C18H18O/c19-18-13-12-15-7-2-1-6-14(15)9-5-10-16-8-3-4-11-17(16)18/h1-4,6-8,11H,5,9-10,12-13H2. The number of hydrogen-bond donors (Lipinski definition) is 0. The van der Waals surface area contributed by atoms with E-state index in [4.69, 9.17) is 0 Å². The van der Waals surface area contributed by atoms with Gasteiger partial charge in [-0.2, -0.15) is 0 Å². The number of Topliss-reactive ketones (excluding diaryl/α,β-unsaturated/α-hetero) is 1. The van der Waals surface area contributed by atoms with Crippen LogP contribution in [-0.2, 0) is 19.3 Å². The highest BCUT2D eigenvalue weighted by atomic mass is 16.1. The first-order valence-corrected chi connectivity index (χ1v) is 7.02. The maximum absolute atomic E-state index is 12.3. The lowest BCUT2D eigenvalue weighted by molar-refractivity contribution is 0.0981. The number of ketones is 1. The van der Waals surface area contributed by atoms with Gasteiger partial charge in [0.2, 0.25) is 0 Å². The van der Waals surface area contributed by atoms with Crippen molar-refractivity contribution in [3.63, 3.8) is 0 Å². The van der Waals surface area contributed by atoms with Gasteiger partial charge >= 0.3 is 0 Å². The minimum atomic E-state index is 0.285. The molecule has 0 aliphatic heterocycles. The molecule has 2 aromatic carbocycles. The van der Waals surface area contributed by atoms with E-state index in [1.54, 1.807) is 0 Å². The molecule has 0 heterocycles. The van der Waals surface area contributed by atoms with Crippen LogP contribution in [0, 0.1) is 0 Å². The summed E-state index contributed by atoms with van der Waals surface area (Å²) in [6, 6.07) is 16.6. The first-order chi connectivity index (χ1) is 9.34. The molecule has 0 saturated carbocycles. The molecule has 0 saturated heterocycles. The Kier molecular flexibility index (Phi) is 3.45. The molecule has 0 aromatic heterocycles. The second kappa shape index (κ2) is 5.40. The molecule has 0 amide bonds. The number of rotatable bonds is 0. The van der Waals surface area contributed by atoms with Crippen molar-refractivity contribution in [3.05, 3.63) is 70.8 Å². The van der Waals surface area contributed by atoms with E-state index in [1.165, 1.54) is 16.7 Å². The normalized spacial score (nSPS) is 15.5. The zero-order chi connectivity index (χ0) is 13.1. The number of carbonyl (C=O) groups excluding carboxylic acids is 1. The number of benzene rings is 2. The molecular formula is C18H18O. The van der Waals surface area contributed by atoms with Crippen LogP contribution >= 0.6 is 0 Å². The molecule has 0 fully saturated rings. The first kappa shape index (κ1) is 12.2. The van der Waals surface area contributed by atoms with Crippen molar-refractivity contribution in [1.29, 1.82) is 0 Å². The van der Waals surface area contributed by atoms with E-state index in [9.17, 15) is 4.79 Å². The summed E-state index contributed by atoms with van der Waals surface area (Å²) in [5.74, 6) is 0.285. The summed E-state index contributed by atoms with van der Waals surface area (Å²) in [5.41, 5.74) is 4.90. The fraction of sp³-hybridized carbons (Fsp3) is 0.278. The Balaban J connectivity index is 1.93. The maximum Gasteiger partial charge on any atom is 0.163 e. The summed E-state index contributed by atoms with van der Waals surface area (Å²) in [7, 11) is 0. The zero-order valence-corrected chi connectivity index (χ0v) is 11.1. The van der Waals surface area contributed by atoms with Crippen molar-refractivity contribution in [2.45, 2.75) is 32.1 Å². The molecule has 1 aliphatic carbocycles. The van der Waals surface area contributed by atoms with Crippen LogP contribution in [0.1, 0.15) is 39.9 Å². The Bertz CT molecular complexity index is 598. The third-order valence-electron chi connectivity index (χ3n) is 3.95. The van der Waals surface area contributed by atoms with Gasteiger partial charge in [-0.15, -0.1) is 0 Å². The number of aryl methyl sites for hydroxylation is 3. The second-order valence-electron chi connectivity index (χ2n) is 5.20. The molecule has 0 radical (unpaired) electrons. The molecule has 0 unspecified atom stereocenters. The Labute approximate surface area is 114 Å². The fourth-order valence-electron chi connectivity index (χ4n) is 2.91. The Morgan fingerprint density at radius 1 is 0.632 bits per heavy atom.